The summed E-state index contributed by atoms with van der Waals surface area (Å²) < 4.78 is 27.7. The highest BCUT2D eigenvalue weighted by atomic mass is 16.5. The number of carboxylic acids is 1. The Labute approximate surface area is 110 Å². The Bertz CT molecular complexity index is 624. The van der Waals surface area contributed by atoms with Gasteiger partial charge in [-0.15, -0.1) is 0 Å². The predicted octanol–water partition coefficient (Wildman–Crippen LogP) is 3.67. The topological polar surface area (TPSA) is 46.5 Å². The summed E-state index contributed by atoms with van der Waals surface area (Å²) in [5, 5.41) is 9.14. The van der Waals surface area contributed by atoms with Gasteiger partial charge in [0.25, 0.3) is 0 Å². The van der Waals surface area contributed by atoms with Crippen molar-refractivity contribution in [3.63, 3.8) is 0 Å². The molecule has 0 fully saturated rings. The van der Waals surface area contributed by atoms with E-state index in [1.54, 1.807) is 24.3 Å². The molecule has 2 aromatic carbocycles. The molecule has 1 N–H and O–H groups in total. The molecule has 0 bridgehead atoms. The maximum atomic E-state index is 11.2. The monoisotopic (exact) mass is 246 g/mol. The number of rotatable bonds is 4. The van der Waals surface area contributed by atoms with E-state index in [-0.39, 0.29) is 5.56 Å². The van der Waals surface area contributed by atoms with Crippen LogP contribution in [0.4, 0.5) is 0 Å². The molecule has 2 aromatic rings. The molecule has 0 aromatic heterocycles. The standard InChI is InChI=1S/C15H14O3/c1-11(15(16)17)12-6-5-9-14(10-12)18-13-7-3-2-4-8-13/h2-11H,1H3,(H,16,17)/i1+1D3. The highest BCUT2D eigenvalue weighted by Crippen LogP contribution is 2.25. The summed E-state index contributed by atoms with van der Waals surface area (Å²) in [5.41, 5.74) is 0.191. The molecule has 0 spiro atoms. The molecule has 0 radical (unpaired) electrons. The summed E-state index contributed by atoms with van der Waals surface area (Å²) in [7, 11) is 0. The van der Waals surface area contributed by atoms with Crippen LogP contribution < -0.4 is 4.74 Å². The summed E-state index contributed by atoms with van der Waals surface area (Å²) in [5.74, 6) is -1.96. The molecule has 0 aliphatic carbocycles. The van der Waals surface area contributed by atoms with E-state index in [2.05, 4.69) is 0 Å². The summed E-state index contributed by atoms with van der Waals surface area (Å²) in [6, 6.07) is 15.1. The van der Waals surface area contributed by atoms with E-state index in [0.29, 0.717) is 11.5 Å². The number of benzene rings is 2. The van der Waals surface area contributed by atoms with Gasteiger partial charge in [-0.25, -0.2) is 0 Å². The van der Waals surface area contributed by atoms with Gasteiger partial charge in [0, 0.05) is 4.11 Å². The van der Waals surface area contributed by atoms with E-state index in [1.807, 2.05) is 18.2 Å². The Kier molecular flexibility index (Phi) is 2.61. The molecule has 0 amide bonds. The van der Waals surface area contributed by atoms with E-state index in [0.717, 1.165) is 0 Å². The fourth-order valence-corrected chi connectivity index (χ4v) is 1.52. The molecule has 18 heavy (non-hydrogen) atoms. The van der Waals surface area contributed by atoms with Crippen molar-refractivity contribution >= 4 is 5.97 Å². The van der Waals surface area contributed by atoms with Crippen LogP contribution in [-0.4, -0.2) is 11.1 Å². The molecule has 0 saturated carbocycles. The molecule has 3 nitrogen and oxygen atoms in total. The van der Waals surface area contributed by atoms with Crippen LogP contribution >= 0.6 is 0 Å². The first-order valence-electron chi connectivity index (χ1n) is 6.93. The summed E-state index contributed by atoms with van der Waals surface area (Å²) >= 11 is 0. The number of hydrogen-bond donors (Lipinski definition) is 1. The van der Waals surface area contributed by atoms with Crippen LogP contribution in [-0.2, 0) is 4.79 Å². The third kappa shape index (κ3) is 2.88. The zero-order valence-corrected chi connectivity index (χ0v) is 9.54. The summed E-state index contributed by atoms with van der Waals surface area (Å²) in [6.07, 6.45) is 0. The Balaban J connectivity index is 2.30. The smallest absolute Gasteiger partial charge is 0.310 e. The number of carbonyl (C=O) groups is 1. The van der Waals surface area contributed by atoms with E-state index < -0.39 is 18.7 Å². The molecule has 1 unspecified atom stereocenters. The molecule has 0 aliphatic rings. The van der Waals surface area contributed by atoms with Gasteiger partial charge in [-0.2, -0.15) is 0 Å². The van der Waals surface area contributed by atoms with Gasteiger partial charge in [0.2, 0.25) is 0 Å². The lowest BCUT2D eigenvalue weighted by Crippen LogP contribution is -2.07. The maximum Gasteiger partial charge on any atom is 0.310 e. The fourth-order valence-electron chi connectivity index (χ4n) is 1.52. The zero-order valence-electron chi connectivity index (χ0n) is 12.5. The van der Waals surface area contributed by atoms with Crippen molar-refractivity contribution in [1.82, 2.24) is 0 Å². The van der Waals surface area contributed by atoms with Crippen molar-refractivity contribution in [1.29, 1.82) is 0 Å². The van der Waals surface area contributed by atoms with Crippen molar-refractivity contribution < 1.29 is 18.8 Å². The number of ether oxygens (including phenoxy) is 1. The lowest BCUT2D eigenvalue weighted by Gasteiger charge is -2.10. The Morgan fingerprint density at radius 2 is 1.89 bits per heavy atom. The van der Waals surface area contributed by atoms with Gasteiger partial charge in [0.05, 0.1) is 5.92 Å². The van der Waals surface area contributed by atoms with E-state index in [4.69, 9.17) is 14.0 Å². The second-order valence-electron chi connectivity index (χ2n) is 3.76. The Morgan fingerprint density at radius 1 is 1.17 bits per heavy atom. The number of carboxylic acid groups (broad SMARTS) is 1. The normalized spacial score (nSPS) is 15.0. The average molecular weight is 246 g/mol. The molecule has 92 valence electrons. The lowest BCUT2D eigenvalue weighted by atomic mass is 10.1. The highest BCUT2D eigenvalue weighted by Gasteiger charge is 2.13. The zero-order chi connectivity index (χ0) is 15.5. The van der Waals surface area contributed by atoms with E-state index in [9.17, 15) is 4.79 Å². The molecule has 2 rings (SSSR count). The van der Waals surface area contributed by atoms with Crippen molar-refractivity contribution in [2.24, 2.45) is 0 Å². The van der Waals surface area contributed by atoms with E-state index >= 15 is 0 Å². The predicted molar refractivity (Wildman–Crippen MR) is 69.0 cm³/mol. The quantitative estimate of drug-likeness (QED) is 0.837. The van der Waals surface area contributed by atoms with Gasteiger partial charge < -0.3 is 9.84 Å². The fraction of sp³-hybridized carbons (Fsp3) is 0.133. The molecule has 0 saturated heterocycles. The first-order valence-corrected chi connectivity index (χ1v) is 5.43. The molecular weight excluding hydrogens is 229 g/mol. The van der Waals surface area contributed by atoms with Crippen LogP contribution in [0.5, 0.6) is 11.5 Å². The number of aliphatic carboxylic acids is 1. The minimum Gasteiger partial charge on any atom is -0.481 e. The second-order valence-corrected chi connectivity index (χ2v) is 3.76. The van der Waals surface area contributed by atoms with Crippen molar-refractivity contribution in [2.75, 3.05) is 0 Å². The van der Waals surface area contributed by atoms with Gasteiger partial charge in [-0.05, 0) is 36.7 Å². The molecule has 0 aliphatic heterocycles. The molecular formula is C15H14O3. The second kappa shape index (κ2) is 5.36. The first-order chi connectivity index (χ1) is 9.88. The van der Waals surface area contributed by atoms with Crippen LogP contribution in [0, 0.1) is 0 Å². The van der Waals surface area contributed by atoms with Crippen LogP contribution in [0.3, 0.4) is 0 Å². The van der Waals surface area contributed by atoms with Gasteiger partial charge in [0.1, 0.15) is 11.5 Å². The minimum atomic E-state index is -2.61. The molecule has 3 heteroatoms. The van der Waals surface area contributed by atoms with Crippen molar-refractivity contribution in [2.45, 2.75) is 12.8 Å². The van der Waals surface area contributed by atoms with Crippen LogP contribution in [0.15, 0.2) is 54.6 Å². The van der Waals surface area contributed by atoms with Gasteiger partial charge in [-0.3, -0.25) is 4.79 Å². The van der Waals surface area contributed by atoms with E-state index in [1.165, 1.54) is 12.1 Å². The summed E-state index contributed by atoms with van der Waals surface area (Å²) in [4.78, 5) is 11.2. The van der Waals surface area contributed by atoms with Crippen LogP contribution in [0.25, 0.3) is 0 Å². The molecule has 1 atom stereocenters. The van der Waals surface area contributed by atoms with Gasteiger partial charge in [-0.1, -0.05) is 30.3 Å². The van der Waals surface area contributed by atoms with Crippen LogP contribution in [0.2, 0.25) is 0 Å². The Hall–Kier alpha value is -2.29. The average Bonchev–Trinajstić information content (AvgIpc) is 2.38. The maximum absolute atomic E-state index is 11.2. The molecule has 0 heterocycles. The summed E-state index contributed by atoms with van der Waals surface area (Å²) in [6.45, 7) is -2.61. The largest absolute Gasteiger partial charge is 0.481 e. The number of hydrogen-bond acceptors (Lipinski definition) is 2. The third-order valence-electron chi connectivity index (χ3n) is 2.42. The third-order valence-corrected chi connectivity index (χ3v) is 2.42. The highest BCUT2D eigenvalue weighted by molar-refractivity contribution is 5.75. The lowest BCUT2D eigenvalue weighted by molar-refractivity contribution is -0.138. The Morgan fingerprint density at radius 3 is 2.56 bits per heavy atom. The van der Waals surface area contributed by atoms with Crippen LogP contribution in [0.1, 0.15) is 22.4 Å². The van der Waals surface area contributed by atoms with Gasteiger partial charge >= 0.3 is 5.97 Å². The van der Waals surface area contributed by atoms with Gasteiger partial charge in [0.15, 0.2) is 0 Å². The SMILES string of the molecule is [2H][13C]([2H])([2H])C(C(=O)O)c1cccc(Oc2ccccc2)c1. The van der Waals surface area contributed by atoms with Crippen molar-refractivity contribution in [3.05, 3.63) is 60.2 Å². The minimum absolute atomic E-state index is 0.191. The number of para-hydroxylation sites is 1. The van der Waals surface area contributed by atoms with Crippen molar-refractivity contribution in [3.8, 4) is 11.5 Å². The first kappa shape index (κ1) is 8.75.